The van der Waals surface area contributed by atoms with Gasteiger partial charge in [0, 0.05) is 29.5 Å². The zero-order valence-electron chi connectivity index (χ0n) is 15.7. The van der Waals surface area contributed by atoms with Crippen LogP contribution in [-0.2, 0) is 13.3 Å². The third-order valence-electron chi connectivity index (χ3n) is 4.18. The molecule has 0 saturated carbocycles. The quantitative estimate of drug-likeness (QED) is 0.463. The first-order chi connectivity index (χ1) is 13.4. The number of aryl methyl sites for hydroxylation is 2. The predicted octanol–water partition coefficient (Wildman–Crippen LogP) is 4.08. The monoisotopic (exact) mass is 509 g/mol. The van der Waals surface area contributed by atoms with Crippen molar-refractivity contribution in [1.82, 2.24) is 24.9 Å². The van der Waals surface area contributed by atoms with Gasteiger partial charge in [-0.3, -0.25) is 9.48 Å². The molecule has 0 spiro atoms. The van der Waals surface area contributed by atoms with Crippen molar-refractivity contribution in [2.75, 3.05) is 6.54 Å². The summed E-state index contributed by atoms with van der Waals surface area (Å²) in [6.07, 6.45) is 2.51. The van der Waals surface area contributed by atoms with E-state index >= 15 is 0 Å². The first-order valence-corrected chi connectivity index (χ1v) is 10.4. The van der Waals surface area contributed by atoms with Crippen molar-refractivity contribution in [2.24, 2.45) is 0 Å². The lowest BCUT2D eigenvalue weighted by atomic mass is 10.3. The first-order valence-electron chi connectivity index (χ1n) is 8.83. The average Bonchev–Trinajstić information content (AvgIpc) is 3.26. The molecule has 1 N–H and O–H groups in total. The molecule has 3 rings (SSSR count). The van der Waals surface area contributed by atoms with E-state index in [1.165, 1.54) is 0 Å². The number of halogens is 2. The zero-order valence-corrected chi connectivity index (χ0v) is 18.8. The number of amides is 1. The highest BCUT2D eigenvalue weighted by Gasteiger charge is 2.11. The molecule has 1 amide bonds. The van der Waals surface area contributed by atoms with E-state index < -0.39 is 0 Å². The Hall–Kier alpha value is -2.13. The lowest BCUT2D eigenvalue weighted by Gasteiger charge is -2.07. The maximum atomic E-state index is 12.2. The fourth-order valence-corrected chi connectivity index (χ4v) is 3.19. The molecule has 28 heavy (non-hydrogen) atoms. The lowest BCUT2D eigenvalue weighted by molar-refractivity contribution is 0.0945. The molecule has 3 aromatic rings. The van der Waals surface area contributed by atoms with E-state index in [1.807, 2.05) is 42.8 Å². The fourth-order valence-electron chi connectivity index (χ4n) is 2.64. The third-order valence-corrected chi connectivity index (χ3v) is 5.85. The zero-order chi connectivity index (χ0) is 20.1. The highest BCUT2D eigenvalue weighted by atomic mass is 79.9. The molecule has 2 heterocycles. The summed E-state index contributed by atoms with van der Waals surface area (Å²) in [7, 11) is 0. The van der Waals surface area contributed by atoms with Crippen molar-refractivity contribution < 1.29 is 9.53 Å². The number of hydrogen-bond acceptors (Lipinski definition) is 4. The SMILES string of the molecule is Cc1nn(CCCNC(=O)c2ccn(COc3ccc(Br)cc3)n2)c(C)c1Br. The normalized spacial score (nSPS) is 10.9. The minimum Gasteiger partial charge on any atom is -0.471 e. The molecule has 0 atom stereocenters. The molecule has 0 fully saturated rings. The van der Waals surface area contributed by atoms with E-state index in [0.29, 0.717) is 12.2 Å². The third kappa shape index (κ3) is 5.23. The molecule has 148 valence electrons. The Morgan fingerprint density at radius 2 is 1.89 bits per heavy atom. The molecule has 1 aromatic carbocycles. The van der Waals surface area contributed by atoms with E-state index in [0.717, 1.165) is 39.0 Å². The number of aromatic nitrogens is 4. The van der Waals surface area contributed by atoms with Crippen LogP contribution in [0, 0.1) is 13.8 Å². The summed E-state index contributed by atoms with van der Waals surface area (Å²) in [5, 5.41) is 11.6. The van der Waals surface area contributed by atoms with Gasteiger partial charge in [-0.05, 0) is 66.5 Å². The Kier molecular flexibility index (Phi) is 6.90. The molecular weight excluding hydrogens is 490 g/mol. The largest absolute Gasteiger partial charge is 0.471 e. The van der Waals surface area contributed by atoms with Gasteiger partial charge < -0.3 is 10.1 Å². The Bertz CT molecular complexity index is 950. The van der Waals surface area contributed by atoms with Crippen molar-refractivity contribution >= 4 is 37.8 Å². The number of carbonyl (C=O) groups excluding carboxylic acids is 1. The van der Waals surface area contributed by atoms with Crippen molar-refractivity contribution in [3.63, 3.8) is 0 Å². The molecule has 0 unspecified atom stereocenters. The molecule has 2 aromatic heterocycles. The molecule has 0 saturated heterocycles. The Morgan fingerprint density at radius 1 is 1.14 bits per heavy atom. The topological polar surface area (TPSA) is 74.0 Å². The first kappa shape index (κ1) is 20.6. The van der Waals surface area contributed by atoms with E-state index in [-0.39, 0.29) is 12.6 Å². The fraction of sp³-hybridized carbons (Fsp3) is 0.316. The van der Waals surface area contributed by atoms with Gasteiger partial charge in [0.05, 0.1) is 10.2 Å². The van der Waals surface area contributed by atoms with Crippen LogP contribution in [0.5, 0.6) is 5.75 Å². The average molecular weight is 511 g/mol. The van der Waals surface area contributed by atoms with Crippen molar-refractivity contribution in [3.8, 4) is 5.75 Å². The molecule has 9 heteroatoms. The highest BCUT2D eigenvalue weighted by molar-refractivity contribution is 9.10. The van der Waals surface area contributed by atoms with Gasteiger partial charge in [0.15, 0.2) is 6.73 Å². The highest BCUT2D eigenvalue weighted by Crippen LogP contribution is 2.19. The summed E-state index contributed by atoms with van der Waals surface area (Å²) in [5.74, 6) is 0.539. The number of nitrogens with one attached hydrogen (secondary N) is 1. The maximum absolute atomic E-state index is 12.2. The molecule has 0 aliphatic carbocycles. The Labute approximate surface area is 180 Å². The molecule has 0 aliphatic rings. The van der Waals surface area contributed by atoms with Crippen LogP contribution in [0.1, 0.15) is 28.3 Å². The van der Waals surface area contributed by atoms with Gasteiger partial charge in [-0.2, -0.15) is 10.2 Å². The smallest absolute Gasteiger partial charge is 0.271 e. The van der Waals surface area contributed by atoms with Crippen LogP contribution >= 0.6 is 31.9 Å². The Balaban J connectivity index is 1.43. The lowest BCUT2D eigenvalue weighted by Crippen LogP contribution is -2.26. The van der Waals surface area contributed by atoms with Gasteiger partial charge in [-0.1, -0.05) is 15.9 Å². The molecule has 7 nitrogen and oxygen atoms in total. The molecule has 0 aliphatic heterocycles. The standard InChI is InChI=1S/C19H21Br2N5O2/c1-13-18(21)14(2)26(23-13)10-3-9-22-19(27)17-8-11-25(24-17)12-28-16-6-4-15(20)5-7-16/h4-8,11H,3,9-10,12H2,1-2H3,(H,22,27). The van der Waals surface area contributed by atoms with Crippen molar-refractivity contribution in [2.45, 2.75) is 33.5 Å². The number of ether oxygens (including phenoxy) is 1. The van der Waals surface area contributed by atoms with Crippen LogP contribution in [0.2, 0.25) is 0 Å². The van der Waals surface area contributed by atoms with Crippen LogP contribution < -0.4 is 10.1 Å². The van der Waals surface area contributed by atoms with Crippen LogP contribution in [0.3, 0.4) is 0 Å². The summed E-state index contributed by atoms with van der Waals surface area (Å²) in [6.45, 7) is 5.52. The second-order valence-corrected chi connectivity index (χ2v) is 7.99. The number of nitrogens with zero attached hydrogens (tertiary/aromatic N) is 4. The van der Waals surface area contributed by atoms with Crippen LogP contribution in [0.25, 0.3) is 0 Å². The molecule has 0 bridgehead atoms. The van der Waals surface area contributed by atoms with E-state index in [1.54, 1.807) is 16.9 Å². The summed E-state index contributed by atoms with van der Waals surface area (Å²) in [5.41, 5.74) is 2.43. The van der Waals surface area contributed by atoms with Gasteiger partial charge in [0.2, 0.25) is 0 Å². The second-order valence-electron chi connectivity index (χ2n) is 6.29. The number of carbonyl (C=O) groups is 1. The predicted molar refractivity (Wildman–Crippen MR) is 113 cm³/mol. The maximum Gasteiger partial charge on any atom is 0.271 e. The van der Waals surface area contributed by atoms with E-state index in [4.69, 9.17) is 4.74 Å². The van der Waals surface area contributed by atoms with Crippen LogP contribution in [-0.4, -0.2) is 32.0 Å². The van der Waals surface area contributed by atoms with E-state index in [2.05, 4.69) is 47.4 Å². The number of hydrogen-bond donors (Lipinski definition) is 1. The van der Waals surface area contributed by atoms with Gasteiger partial charge >= 0.3 is 0 Å². The van der Waals surface area contributed by atoms with Crippen LogP contribution in [0.15, 0.2) is 45.5 Å². The summed E-state index contributed by atoms with van der Waals surface area (Å²) in [4.78, 5) is 12.2. The molecular formula is C19H21Br2N5O2. The number of rotatable bonds is 8. The minimum absolute atomic E-state index is 0.197. The molecule has 0 radical (unpaired) electrons. The Morgan fingerprint density at radius 3 is 2.57 bits per heavy atom. The summed E-state index contributed by atoms with van der Waals surface area (Å²) < 4.78 is 11.2. The van der Waals surface area contributed by atoms with Crippen LogP contribution in [0.4, 0.5) is 0 Å². The van der Waals surface area contributed by atoms with Gasteiger partial charge in [0.25, 0.3) is 5.91 Å². The van der Waals surface area contributed by atoms with Gasteiger partial charge in [-0.15, -0.1) is 0 Å². The number of benzene rings is 1. The van der Waals surface area contributed by atoms with Gasteiger partial charge in [-0.25, -0.2) is 4.68 Å². The van der Waals surface area contributed by atoms with E-state index in [9.17, 15) is 4.79 Å². The van der Waals surface area contributed by atoms with Crippen molar-refractivity contribution in [3.05, 3.63) is 62.6 Å². The van der Waals surface area contributed by atoms with Gasteiger partial charge in [0.1, 0.15) is 11.4 Å². The second kappa shape index (κ2) is 9.38. The van der Waals surface area contributed by atoms with Crippen molar-refractivity contribution in [1.29, 1.82) is 0 Å². The minimum atomic E-state index is -0.197. The summed E-state index contributed by atoms with van der Waals surface area (Å²) >= 11 is 6.90. The summed E-state index contributed by atoms with van der Waals surface area (Å²) in [6, 6.07) is 9.22.